The Morgan fingerprint density at radius 3 is 2.88 bits per heavy atom. The van der Waals surface area contributed by atoms with Crippen molar-refractivity contribution in [3.05, 3.63) is 24.2 Å². The van der Waals surface area contributed by atoms with Crippen LogP contribution < -0.4 is 5.32 Å². The van der Waals surface area contributed by atoms with E-state index in [4.69, 9.17) is 4.42 Å². The van der Waals surface area contributed by atoms with E-state index in [1.807, 2.05) is 13.3 Å². The van der Waals surface area contributed by atoms with Crippen LogP contribution in [0.3, 0.4) is 0 Å². The molecule has 0 unspecified atom stereocenters. The normalized spacial score (nSPS) is 19.1. The summed E-state index contributed by atoms with van der Waals surface area (Å²) in [5.74, 6) is 0.924. The maximum atomic E-state index is 5.10. The van der Waals surface area contributed by atoms with E-state index in [0.717, 1.165) is 19.0 Å². The largest absolute Gasteiger partial charge is 0.472 e. The Bertz CT molecular complexity index is 276. The van der Waals surface area contributed by atoms with E-state index >= 15 is 0 Å². The third-order valence-electron chi connectivity index (χ3n) is 3.50. The van der Waals surface area contributed by atoms with Gasteiger partial charge in [-0.3, -0.25) is 4.90 Å². The molecular weight excluding hydrogens is 200 g/mol. The molecule has 1 fully saturated rings. The number of hydrogen-bond donors (Lipinski definition) is 1. The highest BCUT2D eigenvalue weighted by Crippen LogP contribution is 2.21. The molecule has 3 heteroatoms. The van der Waals surface area contributed by atoms with E-state index in [1.165, 1.54) is 37.9 Å². The number of furan rings is 1. The molecule has 0 aromatic carbocycles. The van der Waals surface area contributed by atoms with Gasteiger partial charge in [0.15, 0.2) is 0 Å². The summed E-state index contributed by atoms with van der Waals surface area (Å²) in [7, 11) is 2.04. The molecule has 0 bridgehead atoms. The highest BCUT2D eigenvalue weighted by atomic mass is 16.3. The lowest BCUT2D eigenvalue weighted by molar-refractivity contribution is 0.172. The molecule has 0 spiro atoms. The monoisotopic (exact) mass is 222 g/mol. The van der Waals surface area contributed by atoms with Crippen LogP contribution in [0.2, 0.25) is 0 Å². The third kappa shape index (κ3) is 3.35. The zero-order valence-corrected chi connectivity index (χ0v) is 10.1. The Morgan fingerprint density at radius 2 is 2.25 bits per heavy atom. The fourth-order valence-corrected chi connectivity index (χ4v) is 2.42. The first-order valence-electron chi connectivity index (χ1n) is 6.26. The Labute approximate surface area is 97.8 Å². The highest BCUT2D eigenvalue weighted by Gasteiger charge is 2.18. The molecule has 1 aromatic heterocycles. The van der Waals surface area contributed by atoms with Crippen molar-refractivity contribution in [2.24, 2.45) is 5.92 Å². The first-order valence-corrected chi connectivity index (χ1v) is 6.26. The van der Waals surface area contributed by atoms with Crippen molar-refractivity contribution in [1.82, 2.24) is 10.2 Å². The predicted octanol–water partition coefficient (Wildman–Crippen LogP) is 2.10. The summed E-state index contributed by atoms with van der Waals surface area (Å²) in [5.41, 5.74) is 1.30. The van der Waals surface area contributed by atoms with Gasteiger partial charge in [-0.1, -0.05) is 0 Å². The molecule has 1 aromatic rings. The second-order valence-corrected chi connectivity index (χ2v) is 4.74. The molecule has 1 aliphatic heterocycles. The number of hydrogen-bond acceptors (Lipinski definition) is 3. The topological polar surface area (TPSA) is 28.4 Å². The average molecular weight is 222 g/mol. The Balaban J connectivity index is 1.69. The van der Waals surface area contributed by atoms with E-state index in [0.29, 0.717) is 0 Å². The lowest BCUT2D eigenvalue weighted by Gasteiger charge is -2.31. The van der Waals surface area contributed by atoms with E-state index < -0.39 is 0 Å². The lowest BCUT2D eigenvalue weighted by Crippen LogP contribution is -2.33. The van der Waals surface area contributed by atoms with Gasteiger partial charge in [0.2, 0.25) is 0 Å². The van der Waals surface area contributed by atoms with Crippen LogP contribution in [0.25, 0.3) is 0 Å². The van der Waals surface area contributed by atoms with Crippen molar-refractivity contribution in [2.75, 3.05) is 26.7 Å². The van der Waals surface area contributed by atoms with Gasteiger partial charge in [-0.15, -0.1) is 0 Å². The molecule has 1 aliphatic rings. The molecule has 0 radical (unpaired) electrons. The second kappa shape index (κ2) is 6.06. The second-order valence-electron chi connectivity index (χ2n) is 4.74. The summed E-state index contributed by atoms with van der Waals surface area (Å²) in [5, 5.41) is 3.24. The summed E-state index contributed by atoms with van der Waals surface area (Å²) in [6, 6.07) is 2.06. The molecule has 2 rings (SSSR count). The van der Waals surface area contributed by atoms with Crippen molar-refractivity contribution in [2.45, 2.75) is 25.8 Å². The SMILES string of the molecule is CNCCC1CCN(Cc2ccoc2)CC1. The minimum atomic E-state index is 0.924. The number of rotatable bonds is 5. The van der Waals surface area contributed by atoms with Gasteiger partial charge < -0.3 is 9.73 Å². The van der Waals surface area contributed by atoms with Gasteiger partial charge in [0.25, 0.3) is 0 Å². The summed E-state index contributed by atoms with van der Waals surface area (Å²) >= 11 is 0. The molecule has 1 N–H and O–H groups in total. The van der Waals surface area contributed by atoms with Gasteiger partial charge in [-0.25, -0.2) is 0 Å². The fourth-order valence-electron chi connectivity index (χ4n) is 2.42. The Kier molecular flexibility index (Phi) is 4.43. The minimum Gasteiger partial charge on any atom is -0.472 e. The molecule has 2 heterocycles. The van der Waals surface area contributed by atoms with Gasteiger partial charge >= 0.3 is 0 Å². The van der Waals surface area contributed by atoms with Crippen LogP contribution >= 0.6 is 0 Å². The van der Waals surface area contributed by atoms with Crippen molar-refractivity contribution in [3.63, 3.8) is 0 Å². The average Bonchev–Trinajstić information content (AvgIpc) is 2.81. The molecule has 90 valence electrons. The zero-order chi connectivity index (χ0) is 11.2. The molecule has 0 aliphatic carbocycles. The summed E-state index contributed by atoms with van der Waals surface area (Å²) < 4.78 is 5.10. The number of nitrogens with one attached hydrogen (secondary N) is 1. The number of piperidine rings is 1. The van der Waals surface area contributed by atoms with Crippen LogP contribution in [-0.4, -0.2) is 31.6 Å². The fraction of sp³-hybridized carbons (Fsp3) is 0.692. The number of nitrogens with zero attached hydrogens (tertiary/aromatic N) is 1. The predicted molar refractivity (Wildman–Crippen MR) is 65.3 cm³/mol. The van der Waals surface area contributed by atoms with Gasteiger partial charge in [-0.2, -0.15) is 0 Å². The Hall–Kier alpha value is -0.800. The number of likely N-dealkylation sites (tertiary alicyclic amines) is 1. The van der Waals surface area contributed by atoms with E-state index in [-0.39, 0.29) is 0 Å². The molecule has 3 nitrogen and oxygen atoms in total. The van der Waals surface area contributed by atoms with Crippen molar-refractivity contribution in [3.8, 4) is 0 Å². The van der Waals surface area contributed by atoms with Gasteiger partial charge in [0.05, 0.1) is 12.5 Å². The van der Waals surface area contributed by atoms with E-state index in [1.54, 1.807) is 6.26 Å². The van der Waals surface area contributed by atoms with Crippen molar-refractivity contribution < 1.29 is 4.42 Å². The van der Waals surface area contributed by atoms with Crippen LogP contribution in [0.5, 0.6) is 0 Å². The van der Waals surface area contributed by atoms with Crippen LogP contribution in [0.4, 0.5) is 0 Å². The smallest absolute Gasteiger partial charge is 0.0947 e. The van der Waals surface area contributed by atoms with Gasteiger partial charge in [-0.05, 0) is 57.9 Å². The molecule has 1 saturated heterocycles. The van der Waals surface area contributed by atoms with Crippen LogP contribution in [-0.2, 0) is 6.54 Å². The maximum absolute atomic E-state index is 5.10. The first kappa shape index (κ1) is 11.7. The third-order valence-corrected chi connectivity index (χ3v) is 3.50. The summed E-state index contributed by atoms with van der Waals surface area (Å²) in [6.07, 6.45) is 7.64. The highest BCUT2D eigenvalue weighted by molar-refractivity contribution is 5.05. The zero-order valence-electron chi connectivity index (χ0n) is 10.1. The van der Waals surface area contributed by atoms with Crippen molar-refractivity contribution in [1.29, 1.82) is 0 Å². The molecular formula is C13H22N2O. The van der Waals surface area contributed by atoms with E-state index in [2.05, 4.69) is 16.3 Å². The first-order chi connectivity index (χ1) is 7.88. The molecule has 16 heavy (non-hydrogen) atoms. The van der Waals surface area contributed by atoms with E-state index in [9.17, 15) is 0 Å². The molecule has 0 atom stereocenters. The van der Waals surface area contributed by atoms with Crippen LogP contribution in [0.1, 0.15) is 24.8 Å². The van der Waals surface area contributed by atoms with Crippen LogP contribution in [0.15, 0.2) is 23.0 Å². The molecule has 0 saturated carbocycles. The Morgan fingerprint density at radius 1 is 1.44 bits per heavy atom. The summed E-state index contributed by atoms with van der Waals surface area (Å²) in [4.78, 5) is 2.53. The minimum absolute atomic E-state index is 0.924. The van der Waals surface area contributed by atoms with Crippen molar-refractivity contribution >= 4 is 0 Å². The molecule has 0 amide bonds. The lowest BCUT2D eigenvalue weighted by atomic mass is 9.93. The van der Waals surface area contributed by atoms with Crippen LogP contribution in [0, 0.1) is 5.92 Å². The van der Waals surface area contributed by atoms with Gasteiger partial charge in [0, 0.05) is 12.1 Å². The summed E-state index contributed by atoms with van der Waals surface area (Å²) in [6.45, 7) is 4.68. The standard InChI is InChI=1S/C13H22N2O/c1-14-6-2-12-3-7-15(8-4-12)10-13-5-9-16-11-13/h5,9,11-12,14H,2-4,6-8,10H2,1H3. The van der Waals surface area contributed by atoms with Gasteiger partial charge in [0.1, 0.15) is 0 Å². The quantitative estimate of drug-likeness (QED) is 0.827. The maximum Gasteiger partial charge on any atom is 0.0947 e.